The molecule has 1 atom stereocenters. The molecule has 2 N–H and O–H groups in total. The van der Waals surface area contributed by atoms with Crippen molar-refractivity contribution in [2.24, 2.45) is 0 Å². The molecule has 166 valence electrons. The van der Waals surface area contributed by atoms with Crippen LogP contribution in [0.3, 0.4) is 0 Å². The molecule has 2 heterocycles. The fourth-order valence-corrected chi connectivity index (χ4v) is 4.52. The first kappa shape index (κ1) is 21.5. The van der Waals surface area contributed by atoms with Gasteiger partial charge in [0.25, 0.3) is 0 Å². The number of ether oxygens (including phenoxy) is 1. The molecule has 10 heteroatoms. The third-order valence-corrected chi connectivity index (χ3v) is 6.28. The SMILES string of the molecule is CC(C)Oc1ccccc1S(=O)(=O)NC(O)c1cc2c(F)cc(N3CC(F)C3)cc2o1. The van der Waals surface area contributed by atoms with Crippen molar-refractivity contribution in [3.63, 3.8) is 0 Å². The standard InChI is InChI=1S/C21H22F2N2O5S/c1-12(2)29-17-5-3-4-6-20(17)31(27,28)24-21(26)19-9-15-16(23)7-14(8-18(15)30-19)25-10-13(22)11-25/h3-9,12-13,21,24,26H,10-11H2,1-2H3. The number of hydrogen-bond donors (Lipinski definition) is 2. The minimum Gasteiger partial charge on any atom is -0.490 e. The van der Waals surface area contributed by atoms with Gasteiger partial charge >= 0.3 is 0 Å². The maximum absolute atomic E-state index is 14.5. The first-order valence-electron chi connectivity index (χ1n) is 9.72. The van der Waals surface area contributed by atoms with Crippen molar-refractivity contribution >= 4 is 26.7 Å². The first-order valence-corrected chi connectivity index (χ1v) is 11.2. The highest BCUT2D eigenvalue weighted by atomic mass is 32.2. The molecular formula is C21H22F2N2O5S. The lowest BCUT2D eigenvalue weighted by molar-refractivity contribution is 0.141. The average molecular weight is 452 g/mol. The minimum absolute atomic E-state index is 0.0814. The van der Waals surface area contributed by atoms with Crippen molar-refractivity contribution in [3.8, 4) is 5.75 Å². The minimum atomic E-state index is -4.18. The van der Waals surface area contributed by atoms with E-state index in [0.717, 1.165) is 0 Å². The van der Waals surface area contributed by atoms with Crippen molar-refractivity contribution in [1.82, 2.24) is 4.72 Å². The molecule has 3 aromatic rings. The number of aliphatic hydroxyl groups excluding tert-OH is 1. The molecule has 2 aromatic carbocycles. The molecule has 4 rings (SSSR count). The van der Waals surface area contributed by atoms with Crippen LogP contribution in [0.1, 0.15) is 25.8 Å². The largest absolute Gasteiger partial charge is 0.490 e. The van der Waals surface area contributed by atoms with Gasteiger partial charge in [-0.1, -0.05) is 12.1 Å². The number of hydrogen-bond acceptors (Lipinski definition) is 6. The zero-order chi connectivity index (χ0) is 22.3. The Kier molecular flexibility index (Phi) is 5.63. The lowest BCUT2D eigenvalue weighted by Crippen LogP contribution is -2.48. The number of rotatable bonds is 7. The van der Waals surface area contributed by atoms with Gasteiger partial charge in [0, 0.05) is 11.8 Å². The zero-order valence-corrected chi connectivity index (χ0v) is 17.7. The summed E-state index contributed by atoms with van der Waals surface area (Å²) >= 11 is 0. The molecule has 7 nitrogen and oxygen atoms in total. The van der Waals surface area contributed by atoms with Gasteiger partial charge in [-0.15, -0.1) is 0 Å². The molecule has 1 aromatic heterocycles. The molecule has 0 bridgehead atoms. The number of nitrogens with one attached hydrogen (secondary N) is 1. The first-order chi connectivity index (χ1) is 14.6. The predicted octanol–water partition coefficient (Wildman–Crippen LogP) is 3.49. The van der Waals surface area contributed by atoms with E-state index in [-0.39, 0.29) is 46.6 Å². The molecule has 1 aliphatic rings. The monoisotopic (exact) mass is 452 g/mol. The van der Waals surface area contributed by atoms with Gasteiger partial charge in [-0.3, -0.25) is 0 Å². The third kappa shape index (κ3) is 4.36. The summed E-state index contributed by atoms with van der Waals surface area (Å²) in [7, 11) is -4.18. The molecule has 1 aliphatic heterocycles. The van der Waals surface area contributed by atoms with E-state index in [1.165, 1.54) is 36.4 Å². The normalized spacial score (nSPS) is 16.0. The van der Waals surface area contributed by atoms with Crippen LogP contribution in [0, 0.1) is 5.82 Å². The number of alkyl halides is 1. The van der Waals surface area contributed by atoms with E-state index in [1.54, 1.807) is 24.8 Å². The number of aliphatic hydroxyl groups is 1. The second kappa shape index (κ2) is 8.10. The van der Waals surface area contributed by atoms with Crippen LogP contribution in [0.4, 0.5) is 14.5 Å². The number of anilines is 1. The van der Waals surface area contributed by atoms with Crippen LogP contribution in [0.25, 0.3) is 11.0 Å². The molecular weight excluding hydrogens is 430 g/mol. The maximum atomic E-state index is 14.5. The molecule has 0 aliphatic carbocycles. The van der Waals surface area contributed by atoms with Gasteiger partial charge in [0.15, 0.2) is 6.23 Å². The summed E-state index contributed by atoms with van der Waals surface area (Å²) in [6, 6.07) is 10.0. The van der Waals surface area contributed by atoms with E-state index in [0.29, 0.717) is 5.69 Å². The quantitative estimate of drug-likeness (QED) is 0.534. The second-order valence-electron chi connectivity index (χ2n) is 7.63. The van der Waals surface area contributed by atoms with E-state index < -0.39 is 28.2 Å². The fraction of sp³-hybridized carbons (Fsp3) is 0.333. The van der Waals surface area contributed by atoms with E-state index >= 15 is 0 Å². The smallest absolute Gasteiger partial charge is 0.246 e. The van der Waals surface area contributed by atoms with Crippen LogP contribution >= 0.6 is 0 Å². The van der Waals surface area contributed by atoms with Gasteiger partial charge < -0.3 is 19.2 Å². The second-order valence-corrected chi connectivity index (χ2v) is 9.31. The van der Waals surface area contributed by atoms with Crippen LogP contribution in [0.5, 0.6) is 5.75 Å². The summed E-state index contributed by atoms with van der Waals surface area (Å²) < 4.78 is 66.4. The Morgan fingerprint density at radius 2 is 1.94 bits per heavy atom. The van der Waals surface area contributed by atoms with E-state index in [1.807, 2.05) is 0 Å². The van der Waals surface area contributed by atoms with Crippen molar-refractivity contribution < 1.29 is 31.5 Å². The van der Waals surface area contributed by atoms with E-state index in [4.69, 9.17) is 9.15 Å². The maximum Gasteiger partial charge on any atom is 0.246 e. The van der Waals surface area contributed by atoms with Crippen LogP contribution in [0.15, 0.2) is 51.8 Å². The van der Waals surface area contributed by atoms with Gasteiger partial charge in [0.05, 0.1) is 24.6 Å². The Hall–Kier alpha value is -2.69. The Bertz CT molecular complexity index is 1210. The summed E-state index contributed by atoms with van der Waals surface area (Å²) in [6.45, 7) is 3.85. The highest BCUT2D eigenvalue weighted by molar-refractivity contribution is 7.89. The van der Waals surface area contributed by atoms with Crippen molar-refractivity contribution in [2.45, 2.75) is 37.2 Å². The molecule has 0 saturated carbocycles. The van der Waals surface area contributed by atoms with Crippen LogP contribution in [-0.2, 0) is 10.0 Å². The number of nitrogens with zero attached hydrogens (tertiary/aromatic N) is 1. The molecule has 1 fully saturated rings. The summed E-state index contributed by atoms with van der Waals surface area (Å²) in [5, 5.41) is 10.5. The molecule has 1 unspecified atom stereocenters. The number of furan rings is 1. The van der Waals surface area contributed by atoms with Gasteiger partial charge in [-0.2, -0.15) is 4.72 Å². The molecule has 0 amide bonds. The molecule has 31 heavy (non-hydrogen) atoms. The zero-order valence-electron chi connectivity index (χ0n) is 16.9. The summed E-state index contributed by atoms with van der Waals surface area (Å²) in [5.74, 6) is -0.655. The number of halogens is 2. The fourth-order valence-electron chi connectivity index (χ4n) is 3.35. The topological polar surface area (TPSA) is 92.0 Å². The lowest BCUT2D eigenvalue weighted by atomic mass is 10.1. The van der Waals surface area contributed by atoms with Crippen molar-refractivity contribution in [2.75, 3.05) is 18.0 Å². The summed E-state index contributed by atoms with van der Waals surface area (Å²) in [6.07, 6.45) is -2.97. The third-order valence-electron chi connectivity index (χ3n) is 4.83. The number of fused-ring (bicyclic) bond motifs is 1. The number of para-hydroxylation sites is 1. The number of sulfonamides is 1. The highest BCUT2D eigenvalue weighted by Gasteiger charge is 2.29. The van der Waals surface area contributed by atoms with Crippen LogP contribution in [-0.4, -0.2) is 38.9 Å². The van der Waals surface area contributed by atoms with E-state index in [2.05, 4.69) is 4.72 Å². The Labute approximate surface area is 178 Å². The van der Waals surface area contributed by atoms with E-state index in [9.17, 15) is 22.3 Å². The summed E-state index contributed by atoms with van der Waals surface area (Å²) in [5.41, 5.74) is 0.573. The molecule has 0 spiro atoms. The van der Waals surface area contributed by atoms with Crippen molar-refractivity contribution in [3.05, 3.63) is 54.0 Å². The summed E-state index contributed by atoms with van der Waals surface area (Å²) in [4.78, 5) is 1.51. The Balaban J connectivity index is 1.60. The van der Waals surface area contributed by atoms with Crippen LogP contribution < -0.4 is 14.4 Å². The Morgan fingerprint density at radius 3 is 2.61 bits per heavy atom. The predicted molar refractivity (Wildman–Crippen MR) is 111 cm³/mol. The van der Waals surface area contributed by atoms with Crippen LogP contribution in [0.2, 0.25) is 0 Å². The Morgan fingerprint density at radius 1 is 1.23 bits per heavy atom. The number of benzene rings is 2. The highest BCUT2D eigenvalue weighted by Crippen LogP contribution is 2.33. The van der Waals surface area contributed by atoms with Gasteiger partial charge in [-0.05, 0) is 38.1 Å². The van der Waals surface area contributed by atoms with Crippen molar-refractivity contribution in [1.29, 1.82) is 0 Å². The average Bonchev–Trinajstić information content (AvgIpc) is 3.10. The van der Waals surface area contributed by atoms with Gasteiger partial charge in [0.1, 0.15) is 34.0 Å². The van der Waals surface area contributed by atoms with Gasteiger partial charge in [0.2, 0.25) is 10.0 Å². The molecule has 1 saturated heterocycles. The molecule has 0 radical (unpaired) electrons. The van der Waals surface area contributed by atoms with Gasteiger partial charge in [-0.25, -0.2) is 17.2 Å². The lowest BCUT2D eigenvalue weighted by Gasteiger charge is -2.36.